The zero-order chi connectivity index (χ0) is 23.8. The fourth-order valence-electron chi connectivity index (χ4n) is 3.91. The van der Waals surface area contributed by atoms with Crippen LogP contribution >= 0.6 is 22.9 Å². The highest BCUT2D eigenvalue weighted by Gasteiger charge is 2.48. The number of Topliss-reactive ketones (excluding diaryl/α,β-unsaturated/α-hetero) is 1. The summed E-state index contributed by atoms with van der Waals surface area (Å²) in [6, 6.07) is 14.5. The highest BCUT2D eigenvalue weighted by Crippen LogP contribution is 2.44. The van der Waals surface area contributed by atoms with Crippen LogP contribution in [0.15, 0.2) is 72.6 Å². The second kappa shape index (κ2) is 8.89. The van der Waals surface area contributed by atoms with Crippen LogP contribution in [-0.4, -0.2) is 33.4 Å². The molecule has 5 rings (SSSR count). The van der Waals surface area contributed by atoms with Crippen molar-refractivity contribution < 1.29 is 19.4 Å². The Bertz CT molecular complexity index is 1430. The molecular weight excluding hydrogens is 474 g/mol. The van der Waals surface area contributed by atoms with Crippen LogP contribution < -0.4 is 9.64 Å². The minimum absolute atomic E-state index is 0.0161. The largest absolute Gasteiger partial charge is 0.507 e. The quantitative estimate of drug-likeness (QED) is 0.229. The smallest absolute Gasteiger partial charge is 0.301 e. The van der Waals surface area contributed by atoms with Gasteiger partial charge in [0, 0.05) is 23.0 Å². The van der Waals surface area contributed by atoms with Gasteiger partial charge in [-0.1, -0.05) is 22.9 Å². The number of aromatic nitrogens is 2. The van der Waals surface area contributed by atoms with Gasteiger partial charge in [0.1, 0.15) is 11.5 Å². The van der Waals surface area contributed by atoms with Crippen LogP contribution in [0.2, 0.25) is 5.02 Å². The van der Waals surface area contributed by atoms with Crippen molar-refractivity contribution in [2.75, 3.05) is 11.5 Å². The lowest BCUT2D eigenvalue weighted by Crippen LogP contribution is -2.29. The first-order valence-corrected chi connectivity index (χ1v) is 11.7. The molecule has 170 valence electrons. The van der Waals surface area contributed by atoms with E-state index in [-0.39, 0.29) is 11.3 Å². The molecule has 1 N–H and O–H groups in total. The maximum atomic E-state index is 13.3. The van der Waals surface area contributed by atoms with Crippen molar-refractivity contribution >= 4 is 55.7 Å². The maximum Gasteiger partial charge on any atom is 0.301 e. The third kappa shape index (κ3) is 3.81. The zero-order valence-electron chi connectivity index (χ0n) is 17.9. The molecule has 4 aromatic rings. The number of ketones is 1. The van der Waals surface area contributed by atoms with E-state index in [2.05, 4.69) is 9.97 Å². The van der Waals surface area contributed by atoms with Crippen LogP contribution in [0.4, 0.5) is 5.13 Å². The van der Waals surface area contributed by atoms with Gasteiger partial charge < -0.3 is 9.84 Å². The second-order valence-corrected chi connectivity index (χ2v) is 8.96. The molecule has 34 heavy (non-hydrogen) atoms. The van der Waals surface area contributed by atoms with Gasteiger partial charge in [0.25, 0.3) is 5.78 Å². The summed E-state index contributed by atoms with van der Waals surface area (Å²) >= 11 is 7.37. The van der Waals surface area contributed by atoms with Crippen LogP contribution in [0.25, 0.3) is 16.0 Å². The Kier molecular flexibility index (Phi) is 5.77. The molecule has 0 bridgehead atoms. The van der Waals surface area contributed by atoms with Crippen molar-refractivity contribution in [1.29, 1.82) is 0 Å². The number of aliphatic hydroxyl groups is 1. The Morgan fingerprint density at radius 1 is 1.12 bits per heavy atom. The number of anilines is 1. The lowest BCUT2D eigenvalue weighted by Gasteiger charge is -2.22. The molecule has 2 aromatic heterocycles. The Morgan fingerprint density at radius 2 is 1.85 bits per heavy atom. The molecule has 1 aliphatic heterocycles. The second-order valence-electron chi connectivity index (χ2n) is 7.52. The van der Waals surface area contributed by atoms with Gasteiger partial charge >= 0.3 is 5.91 Å². The summed E-state index contributed by atoms with van der Waals surface area (Å²) in [5.74, 6) is -1.18. The number of pyridine rings is 1. The average molecular weight is 492 g/mol. The van der Waals surface area contributed by atoms with Crippen molar-refractivity contribution in [3.63, 3.8) is 0 Å². The Morgan fingerprint density at radius 3 is 2.56 bits per heavy atom. The highest BCUT2D eigenvalue weighted by atomic mass is 35.5. The number of amides is 1. The molecular formula is C25H18ClN3O4S. The molecule has 1 aliphatic rings. The standard InChI is InChI=1S/C25H18ClN3O4S/c1-2-33-17-6-3-15(4-7-17)22(30)20-21(14-9-11-27-12-10-14)29(24(32)23(20)31)25-28-18-8-5-16(26)13-19(18)34-25/h3-13,21,30H,2H2,1H3/b22-20+. The van der Waals surface area contributed by atoms with Gasteiger partial charge in [-0.2, -0.15) is 0 Å². The molecule has 0 spiro atoms. The molecule has 0 aliphatic carbocycles. The number of carbonyl (C=O) groups is 2. The Labute approximate surface area is 203 Å². The van der Waals surface area contributed by atoms with E-state index in [0.717, 1.165) is 4.70 Å². The van der Waals surface area contributed by atoms with E-state index in [9.17, 15) is 14.7 Å². The predicted molar refractivity (Wildman–Crippen MR) is 131 cm³/mol. The molecule has 0 saturated carbocycles. The summed E-state index contributed by atoms with van der Waals surface area (Å²) in [6.07, 6.45) is 3.15. The fourth-order valence-corrected chi connectivity index (χ4v) is 5.18. The topological polar surface area (TPSA) is 92.6 Å². The number of benzene rings is 2. The summed E-state index contributed by atoms with van der Waals surface area (Å²) in [7, 11) is 0. The SMILES string of the molecule is CCOc1ccc(/C(O)=C2\C(=O)C(=O)N(c3nc4ccc(Cl)cc4s3)C2c2ccncc2)cc1. The van der Waals surface area contributed by atoms with Gasteiger partial charge in [-0.15, -0.1) is 0 Å². The summed E-state index contributed by atoms with van der Waals surface area (Å²) in [5, 5.41) is 12.1. The molecule has 3 heterocycles. The molecule has 1 unspecified atom stereocenters. The van der Waals surface area contributed by atoms with Crippen molar-refractivity contribution in [2.45, 2.75) is 13.0 Å². The molecule has 7 nitrogen and oxygen atoms in total. The van der Waals surface area contributed by atoms with Gasteiger partial charge in [0.05, 0.1) is 28.4 Å². The molecule has 1 amide bonds. The van der Waals surface area contributed by atoms with Gasteiger partial charge in [0.2, 0.25) is 0 Å². The zero-order valence-corrected chi connectivity index (χ0v) is 19.5. The normalized spacial score (nSPS) is 17.5. The number of nitrogens with zero attached hydrogens (tertiary/aromatic N) is 3. The van der Waals surface area contributed by atoms with E-state index in [4.69, 9.17) is 16.3 Å². The summed E-state index contributed by atoms with van der Waals surface area (Å²) in [6.45, 7) is 2.38. The van der Waals surface area contributed by atoms with E-state index in [0.29, 0.717) is 39.2 Å². The number of halogens is 1. The fraction of sp³-hybridized carbons (Fsp3) is 0.120. The van der Waals surface area contributed by atoms with E-state index in [1.54, 1.807) is 67.0 Å². The minimum Gasteiger partial charge on any atom is -0.507 e. The number of thiazole rings is 1. The Balaban J connectivity index is 1.67. The Hall–Kier alpha value is -3.75. The van der Waals surface area contributed by atoms with E-state index >= 15 is 0 Å². The summed E-state index contributed by atoms with van der Waals surface area (Å²) in [4.78, 5) is 36.4. The van der Waals surface area contributed by atoms with Crippen LogP contribution in [0.3, 0.4) is 0 Å². The maximum absolute atomic E-state index is 13.3. The first kappa shape index (κ1) is 22.1. The summed E-state index contributed by atoms with van der Waals surface area (Å²) < 4.78 is 6.24. The monoisotopic (exact) mass is 491 g/mol. The lowest BCUT2D eigenvalue weighted by atomic mass is 9.96. The highest BCUT2D eigenvalue weighted by molar-refractivity contribution is 7.22. The number of hydrogen-bond acceptors (Lipinski definition) is 7. The van der Waals surface area contributed by atoms with Crippen molar-refractivity contribution in [3.8, 4) is 5.75 Å². The van der Waals surface area contributed by atoms with Crippen molar-refractivity contribution in [2.24, 2.45) is 0 Å². The van der Waals surface area contributed by atoms with Crippen molar-refractivity contribution in [3.05, 3.63) is 88.7 Å². The number of rotatable bonds is 5. The number of fused-ring (bicyclic) bond motifs is 1. The van der Waals surface area contributed by atoms with Crippen LogP contribution in [-0.2, 0) is 9.59 Å². The van der Waals surface area contributed by atoms with Crippen LogP contribution in [0.5, 0.6) is 5.75 Å². The minimum atomic E-state index is -0.870. The van der Waals surface area contributed by atoms with Crippen LogP contribution in [0.1, 0.15) is 24.1 Å². The molecule has 2 aromatic carbocycles. The van der Waals surface area contributed by atoms with E-state index in [1.165, 1.54) is 16.2 Å². The third-order valence-corrected chi connectivity index (χ3v) is 6.70. The van der Waals surface area contributed by atoms with Crippen LogP contribution in [0, 0.1) is 0 Å². The number of carbonyl (C=O) groups excluding carboxylic acids is 2. The average Bonchev–Trinajstić information content (AvgIpc) is 3.37. The molecule has 1 saturated heterocycles. The lowest BCUT2D eigenvalue weighted by molar-refractivity contribution is -0.132. The number of ether oxygens (including phenoxy) is 1. The molecule has 9 heteroatoms. The van der Waals surface area contributed by atoms with Gasteiger partial charge in [0.15, 0.2) is 5.13 Å². The number of hydrogen-bond donors (Lipinski definition) is 1. The van der Waals surface area contributed by atoms with Gasteiger partial charge in [-0.05, 0) is 67.1 Å². The molecule has 0 radical (unpaired) electrons. The van der Waals surface area contributed by atoms with E-state index < -0.39 is 17.7 Å². The first-order valence-electron chi connectivity index (χ1n) is 10.5. The van der Waals surface area contributed by atoms with Gasteiger partial charge in [-0.3, -0.25) is 19.5 Å². The van der Waals surface area contributed by atoms with Gasteiger partial charge in [-0.25, -0.2) is 4.98 Å². The molecule has 1 fully saturated rings. The van der Waals surface area contributed by atoms with E-state index in [1.807, 2.05) is 6.92 Å². The first-order chi connectivity index (χ1) is 16.5. The summed E-state index contributed by atoms with van der Waals surface area (Å²) in [5.41, 5.74) is 1.67. The third-order valence-electron chi connectivity index (χ3n) is 5.45. The number of aliphatic hydroxyl groups excluding tert-OH is 1. The van der Waals surface area contributed by atoms with Crippen molar-refractivity contribution in [1.82, 2.24) is 9.97 Å². The predicted octanol–water partition coefficient (Wildman–Crippen LogP) is 5.37. The molecule has 1 atom stereocenters.